The predicted octanol–water partition coefficient (Wildman–Crippen LogP) is 2.23. The third-order valence-electron chi connectivity index (χ3n) is 4.99. The van der Waals surface area contributed by atoms with E-state index in [2.05, 4.69) is 0 Å². The lowest BCUT2D eigenvalue weighted by Crippen LogP contribution is -2.41. The first-order valence-electron chi connectivity index (χ1n) is 8.48. The molecule has 1 aliphatic carbocycles. The fraction of sp³-hybridized carbons (Fsp3) is 0.611. The number of hydrogen-bond donors (Lipinski definition) is 0. The van der Waals surface area contributed by atoms with Crippen molar-refractivity contribution >= 4 is 18.5 Å². The molecule has 1 amide bonds. The lowest BCUT2D eigenvalue weighted by Gasteiger charge is -2.32. The van der Waals surface area contributed by atoms with Crippen molar-refractivity contribution in [3.8, 4) is 5.75 Å². The van der Waals surface area contributed by atoms with E-state index in [4.69, 9.17) is 14.0 Å². The average Bonchev–Trinajstić information content (AvgIpc) is 3.25. The number of carbonyl (C=O) groups excluding carboxylic acids is 1. The zero-order valence-electron chi connectivity index (χ0n) is 15.4. The molecule has 0 atom stereocenters. The normalized spacial score (nSPS) is 21.7. The van der Waals surface area contributed by atoms with Crippen molar-refractivity contribution in [2.75, 3.05) is 14.1 Å². The molecule has 24 heavy (non-hydrogen) atoms. The van der Waals surface area contributed by atoms with Gasteiger partial charge in [-0.25, -0.2) is 0 Å². The van der Waals surface area contributed by atoms with E-state index in [9.17, 15) is 4.79 Å². The highest BCUT2D eigenvalue weighted by Crippen LogP contribution is 2.37. The summed E-state index contributed by atoms with van der Waals surface area (Å²) in [5.74, 6) is 0.639. The van der Waals surface area contributed by atoms with Gasteiger partial charge in [0.25, 0.3) is 5.91 Å². The van der Waals surface area contributed by atoms with Crippen LogP contribution >= 0.6 is 0 Å². The maximum atomic E-state index is 12.2. The molecule has 0 aromatic heterocycles. The number of hydrogen-bond acceptors (Lipinski definition) is 4. The molecule has 5 nitrogen and oxygen atoms in total. The van der Waals surface area contributed by atoms with Gasteiger partial charge in [0.1, 0.15) is 5.75 Å². The molecule has 0 radical (unpaired) electrons. The Morgan fingerprint density at radius 2 is 1.75 bits per heavy atom. The lowest BCUT2D eigenvalue weighted by molar-refractivity contribution is 0.00578. The van der Waals surface area contributed by atoms with Gasteiger partial charge in [-0.15, -0.1) is 0 Å². The minimum atomic E-state index is -0.493. The Bertz CT molecular complexity index is 636. The minimum Gasteiger partial charge on any atom is -0.491 e. The van der Waals surface area contributed by atoms with Crippen LogP contribution in [0.1, 0.15) is 50.9 Å². The average molecular weight is 331 g/mol. The van der Waals surface area contributed by atoms with E-state index in [0.717, 1.165) is 18.3 Å². The van der Waals surface area contributed by atoms with Crippen LogP contribution in [0.2, 0.25) is 0 Å². The van der Waals surface area contributed by atoms with Gasteiger partial charge >= 0.3 is 7.12 Å². The molecular formula is C18H26BNO4. The standard InChI is InChI=1S/C18H26BNO4/c1-17(2)18(3,4)24-19(23-17)14-10-7-12(16(21)20(5)6)11-15(14)22-13-8-9-13/h7,10-11,13H,8-9H2,1-6H3. The van der Waals surface area contributed by atoms with Crippen LogP contribution in [0.4, 0.5) is 0 Å². The second-order valence-electron chi connectivity index (χ2n) is 7.86. The van der Waals surface area contributed by atoms with Crippen molar-refractivity contribution < 1.29 is 18.8 Å². The lowest BCUT2D eigenvalue weighted by atomic mass is 9.78. The first kappa shape index (κ1) is 17.3. The van der Waals surface area contributed by atoms with Gasteiger partial charge in [-0.05, 0) is 52.7 Å². The smallest absolute Gasteiger partial charge is 0.491 e. The highest BCUT2D eigenvalue weighted by molar-refractivity contribution is 6.63. The molecule has 0 bridgehead atoms. The monoisotopic (exact) mass is 331 g/mol. The number of carbonyl (C=O) groups is 1. The minimum absolute atomic E-state index is 0.0453. The molecule has 0 unspecified atom stereocenters. The Morgan fingerprint density at radius 1 is 1.17 bits per heavy atom. The van der Waals surface area contributed by atoms with Crippen molar-refractivity contribution in [2.24, 2.45) is 0 Å². The number of amides is 1. The third kappa shape index (κ3) is 3.17. The van der Waals surface area contributed by atoms with Crippen LogP contribution in [0, 0.1) is 0 Å². The van der Waals surface area contributed by atoms with E-state index in [0.29, 0.717) is 11.3 Å². The second-order valence-corrected chi connectivity index (χ2v) is 7.86. The van der Waals surface area contributed by atoms with E-state index >= 15 is 0 Å². The Hall–Kier alpha value is -1.53. The van der Waals surface area contributed by atoms with Crippen LogP contribution in [-0.2, 0) is 9.31 Å². The molecule has 3 rings (SSSR count). The highest BCUT2D eigenvalue weighted by Gasteiger charge is 2.52. The number of benzene rings is 1. The van der Waals surface area contributed by atoms with Crippen LogP contribution in [0.3, 0.4) is 0 Å². The Kier molecular flexibility index (Phi) is 4.17. The summed E-state index contributed by atoms with van der Waals surface area (Å²) in [4.78, 5) is 13.8. The maximum absolute atomic E-state index is 12.2. The summed E-state index contributed by atoms with van der Waals surface area (Å²) in [5.41, 5.74) is 0.631. The summed E-state index contributed by atoms with van der Waals surface area (Å²) in [6, 6.07) is 5.50. The van der Waals surface area contributed by atoms with E-state index in [1.807, 2.05) is 39.8 Å². The summed E-state index contributed by atoms with van der Waals surface area (Å²) in [7, 11) is 2.99. The van der Waals surface area contributed by atoms with Crippen molar-refractivity contribution in [1.82, 2.24) is 4.90 Å². The number of nitrogens with zero attached hydrogens (tertiary/aromatic N) is 1. The second kappa shape index (κ2) is 5.78. The molecule has 0 spiro atoms. The van der Waals surface area contributed by atoms with E-state index < -0.39 is 18.3 Å². The molecule has 1 heterocycles. The van der Waals surface area contributed by atoms with Crippen LogP contribution in [0.5, 0.6) is 5.75 Å². The van der Waals surface area contributed by atoms with E-state index in [1.165, 1.54) is 0 Å². The van der Waals surface area contributed by atoms with Gasteiger partial charge in [0.2, 0.25) is 0 Å². The van der Waals surface area contributed by atoms with Crippen LogP contribution in [0.25, 0.3) is 0 Å². The molecular weight excluding hydrogens is 305 g/mol. The van der Waals surface area contributed by atoms with Crippen LogP contribution in [0.15, 0.2) is 18.2 Å². The zero-order valence-corrected chi connectivity index (χ0v) is 15.4. The molecule has 1 aromatic carbocycles. The summed E-state index contributed by atoms with van der Waals surface area (Å²) >= 11 is 0. The molecule has 1 saturated heterocycles. The van der Waals surface area contributed by atoms with Gasteiger partial charge in [-0.1, -0.05) is 6.07 Å². The molecule has 1 aromatic rings. The Labute approximate surface area is 144 Å². The van der Waals surface area contributed by atoms with Crippen molar-refractivity contribution in [2.45, 2.75) is 57.8 Å². The third-order valence-corrected chi connectivity index (χ3v) is 4.99. The van der Waals surface area contributed by atoms with Crippen molar-refractivity contribution in [3.63, 3.8) is 0 Å². The van der Waals surface area contributed by atoms with Crippen LogP contribution < -0.4 is 10.2 Å². The Morgan fingerprint density at radius 3 is 2.25 bits per heavy atom. The fourth-order valence-electron chi connectivity index (χ4n) is 2.56. The predicted molar refractivity (Wildman–Crippen MR) is 93.8 cm³/mol. The molecule has 0 N–H and O–H groups in total. The van der Waals surface area contributed by atoms with Gasteiger partial charge in [-0.3, -0.25) is 4.79 Å². The number of rotatable bonds is 4. The topological polar surface area (TPSA) is 48.0 Å². The first-order chi connectivity index (χ1) is 11.1. The summed E-state index contributed by atoms with van der Waals surface area (Å²) < 4.78 is 18.3. The highest BCUT2D eigenvalue weighted by atomic mass is 16.7. The van der Waals surface area contributed by atoms with Crippen molar-refractivity contribution in [1.29, 1.82) is 0 Å². The van der Waals surface area contributed by atoms with E-state index in [1.54, 1.807) is 25.1 Å². The van der Waals surface area contributed by atoms with Crippen LogP contribution in [-0.4, -0.2) is 49.3 Å². The summed E-state index contributed by atoms with van der Waals surface area (Å²) in [6.45, 7) is 8.10. The largest absolute Gasteiger partial charge is 0.498 e. The molecule has 1 saturated carbocycles. The number of ether oxygens (including phenoxy) is 1. The SMILES string of the molecule is CN(C)C(=O)c1ccc(B2OC(C)(C)C(C)(C)O2)c(OC2CC2)c1. The van der Waals surface area contributed by atoms with Gasteiger partial charge in [0.05, 0.1) is 17.3 Å². The molecule has 1 aliphatic heterocycles. The molecule has 6 heteroatoms. The summed E-state index contributed by atoms with van der Waals surface area (Å²) in [6.07, 6.45) is 2.33. The van der Waals surface area contributed by atoms with Gasteiger partial charge < -0.3 is 18.9 Å². The van der Waals surface area contributed by atoms with Gasteiger partial charge in [0, 0.05) is 25.1 Å². The zero-order chi connectivity index (χ0) is 17.7. The van der Waals surface area contributed by atoms with Crippen molar-refractivity contribution in [3.05, 3.63) is 23.8 Å². The Balaban J connectivity index is 1.94. The molecule has 2 fully saturated rings. The molecule has 130 valence electrons. The summed E-state index contributed by atoms with van der Waals surface area (Å²) in [5, 5.41) is 0. The van der Waals surface area contributed by atoms with E-state index in [-0.39, 0.29) is 12.0 Å². The maximum Gasteiger partial charge on any atom is 0.498 e. The fourth-order valence-corrected chi connectivity index (χ4v) is 2.56. The quantitative estimate of drug-likeness (QED) is 0.794. The van der Waals surface area contributed by atoms with Gasteiger partial charge in [0.15, 0.2) is 0 Å². The first-order valence-corrected chi connectivity index (χ1v) is 8.48. The van der Waals surface area contributed by atoms with Gasteiger partial charge in [-0.2, -0.15) is 0 Å². The molecule has 2 aliphatic rings.